The van der Waals surface area contributed by atoms with Gasteiger partial charge in [0.25, 0.3) is 0 Å². The highest BCUT2D eigenvalue weighted by Crippen LogP contribution is 2.16. The van der Waals surface area contributed by atoms with Gasteiger partial charge in [0, 0.05) is 29.6 Å². The SMILES string of the molecule is Fc1cccc(COc2cncc(C#CCCCl)c2)c1F. The lowest BCUT2D eigenvalue weighted by Crippen LogP contribution is -2.00. The largest absolute Gasteiger partial charge is 0.487 e. The number of aromatic nitrogens is 1. The number of benzene rings is 1. The van der Waals surface area contributed by atoms with E-state index in [9.17, 15) is 8.78 Å². The van der Waals surface area contributed by atoms with E-state index in [4.69, 9.17) is 16.3 Å². The van der Waals surface area contributed by atoms with Gasteiger partial charge in [-0.15, -0.1) is 11.6 Å². The molecule has 1 heterocycles. The van der Waals surface area contributed by atoms with Crippen molar-refractivity contribution in [2.45, 2.75) is 13.0 Å². The van der Waals surface area contributed by atoms with E-state index in [0.717, 1.165) is 6.07 Å². The molecule has 2 rings (SSSR count). The van der Waals surface area contributed by atoms with E-state index in [0.29, 0.717) is 23.6 Å². The number of hydrogen-bond donors (Lipinski definition) is 0. The van der Waals surface area contributed by atoms with E-state index in [1.54, 1.807) is 12.3 Å². The molecule has 0 aliphatic carbocycles. The second-order valence-electron chi connectivity index (χ2n) is 4.15. The number of pyridine rings is 1. The van der Waals surface area contributed by atoms with Crippen molar-refractivity contribution >= 4 is 11.6 Å². The van der Waals surface area contributed by atoms with Gasteiger partial charge in [-0.05, 0) is 12.1 Å². The zero-order valence-electron chi connectivity index (χ0n) is 11.1. The topological polar surface area (TPSA) is 22.1 Å². The number of hydrogen-bond acceptors (Lipinski definition) is 2. The number of alkyl halides is 1. The van der Waals surface area contributed by atoms with Crippen LogP contribution in [0, 0.1) is 23.5 Å². The summed E-state index contributed by atoms with van der Waals surface area (Å²) in [6.45, 7) is -0.0795. The van der Waals surface area contributed by atoms with Gasteiger partial charge >= 0.3 is 0 Å². The highest BCUT2D eigenvalue weighted by atomic mass is 35.5. The van der Waals surface area contributed by atoms with Crippen molar-refractivity contribution in [1.82, 2.24) is 4.98 Å². The summed E-state index contributed by atoms with van der Waals surface area (Å²) in [6.07, 6.45) is 3.67. The molecule has 0 radical (unpaired) electrons. The van der Waals surface area contributed by atoms with Gasteiger partial charge in [-0.25, -0.2) is 8.78 Å². The lowest BCUT2D eigenvalue weighted by atomic mass is 10.2. The molecular formula is C16H12ClF2NO. The van der Waals surface area contributed by atoms with E-state index in [1.807, 2.05) is 0 Å². The summed E-state index contributed by atoms with van der Waals surface area (Å²) < 4.78 is 32.0. The van der Waals surface area contributed by atoms with Crippen LogP contribution in [0.3, 0.4) is 0 Å². The lowest BCUT2D eigenvalue weighted by Gasteiger charge is -2.07. The minimum atomic E-state index is -0.900. The van der Waals surface area contributed by atoms with Crippen molar-refractivity contribution < 1.29 is 13.5 Å². The molecule has 1 aromatic heterocycles. The van der Waals surface area contributed by atoms with Gasteiger partial charge in [-0.3, -0.25) is 4.98 Å². The van der Waals surface area contributed by atoms with Crippen LogP contribution in [0.5, 0.6) is 5.75 Å². The average Bonchev–Trinajstić information content (AvgIpc) is 2.50. The maximum atomic E-state index is 13.5. The molecule has 5 heteroatoms. The highest BCUT2D eigenvalue weighted by Gasteiger charge is 2.08. The van der Waals surface area contributed by atoms with Crippen LogP contribution in [0.25, 0.3) is 0 Å². The Morgan fingerprint density at radius 1 is 1.24 bits per heavy atom. The third-order valence-electron chi connectivity index (χ3n) is 2.59. The minimum absolute atomic E-state index is 0.0795. The van der Waals surface area contributed by atoms with Gasteiger partial charge in [0.1, 0.15) is 12.4 Å². The molecular weight excluding hydrogens is 296 g/mol. The Morgan fingerprint density at radius 3 is 2.90 bits per heavy atom. The summed E-state index contributed by atoms with van der Waals surface area (Å²) in [5.74, 6) is 4.89. The van der Waals surface area contributed by atoms with E-state index in [1.165, 1.54) is 18.3 Å². The second-order valence-corrected chi connectivity index (χ2v) is 4.53. The zero-order valence-corrected chi connectivity index (χ0v) is 11.8. The summed E-state index contributed by atoms with van der Waals surface area (Å²) in [5.41, 5.74) is 0.825. The molecule has 0 spiro atoms. The third-order valence-corrected chi connectivity index (χ3v) is 2.78. The fraction of sp³-hybridized carbons (Fsp3) is 0.188. The van der Waals surface area contributed by atoms with Gasteiger partial charge in [0.05, 0.1) is 6.20 Å². The van der Waals surface area contributed by atoms with Crippen LogP contribution in [0.1, 0.15) is 17.5 Å². The monoisotopic (exact) mass is 307 g/mol. The number of halogens is 3. The van der Waals surface area contributed by atoms with E-state index in [-0.39, 0.29) is 12.2 Å². The van der Waals surface area contributed by atoms with Crippen LogP contribution in [0.15, 0.2) is 36.7 Å². The predicted molar refractivity (Wildman–Crippen MR) is 77.1 cm³/mol. The molecule has 0 saturated heterocycles. The van der Waals surface area contributed by atoms with Crippen molar-refractivity contribution in [2.75, 3.05) is 5.88 Å². The first kappa shape index (κ1) is 15.3. The molecule has 0 saturated carbocycles. The van der Waals surface area contributed by atoms with E-state index in [2.05, 4.69) is 16.8 Å². The van der Waals surface area contributed by atoms with E-state index >= 15 is 0 Å². The van der Waals surface area contributed by atoms with Crippen molar-refractivity contribution in [3.05, 3.63) is 59.4 Å². The van der Waals surface area contributed by atoms with Gasteiger partial charge in [0.15, 0.2) is 11.6 Å². The van der Waals surface area contributed by atoms with Crippen LogP contribution < -0.4 is 4.74 Å². The summed E-state index contributed by atoms with van der Waals surface area (Å²) >= 11 is 5.54. The molecule has 0 fully saturated rings. The van der Waals surface area contributed by atoms with Crippen molar-refractivity contribution in [1.29, 1.82) is 0 Å². The summed E-state index contributed by atoms with van der Waals surface area (Å²) in [5, 5.41) is 0. The quantitative estimate of drug-likeness (QED) is 0.631. The first-order chi connectivity index (χ1) is 10.2. The Bertz CT molecular complexity index is 679. The van der Waals surface area contributed by atoms with Gasteiger partial charge in [-0.2, -0.15) is 0 Å². The zero-order chi connectivity index (χ0) is 15.1. The summed E-state index contributed by atoms with van der Waals surface area (Å²) in [6, 6.07) is 5.65. The minimum Gasteiger partial charge on any atom is -0.487 e. The fourth-order valence-electron chi connectivity index (χ4n) is 1.60. The Hall–Kier alpha value is -2.12. The van der Waals surface area contributed by atoms with Crippen LogP contribution in [-0.2, 0) is 6.61 Å². The standard InChI is InChI=1S/C16H12ClF2NO/c17-7-2-1-4-12-8-14(10-20-9-12)21-11-13-5-3-6-15(18)16(13)19/h3,5-6,8-10H,2,7,11H2. The fourth-order valence-corrected chi connectivity index (χ4v) is 1.69. The Morgan fingerprint density at radius 2 is 2.10 bits per heavy atom. The van der Waals surface area contributed by atoms with Gasteiger partial charge in [-0.1, -0.05) is 24.0 Å². The predicted octanol–water partition coefficient (Wildman–Crippen LogP) is 3.92. The molecule has 1 aromatic carbocycles. The molecule has 0 amide bonds. The molecule has 21 heavy (non-hydrogen) atoms. The molecule has 2 nitrogen and oxygen atoms in total. The molecule has 0 atom stereocenters. The van der Waals surface area contributed by atoms with Gasteiger partial charge < -0.3 is 4.74 Å². The van der Waals surface area contributed by atoms with Crippen LogP contribution in [-0.4, -0.2) is 10.9 Å². The first-order valence-corrected chi connectivity index (χ1v) is 6.79. The van der Waals surface area contributed by atoms with Crippen LogP contribution in [0.2, 0.25) is 0 Å². The number of rotatable bonds is 4. The molecule has 0 aliphatic heterocycles. The number of nitrogens with zero attached hydrogens (tertiary/aromatic N) is 1. The van der Waals surface area contributed by atoms with Crippen molar-refractivity contribution in [2.24, 2.45) is 0 Å². The summed E-state index contributed by atoms with van der Waals surface area (Å²) in [4.78, 5) is 3.99. The maximum absolute atomic E-state index is 13.5. The third kappa shape index (κ3) is 4.44. The molecule has 0 N–H and O–H groups in total. The molecule has 0 aliphatic rings. The van der Waals surface area contributed by atoms with Crippen LogP contribution >= 0.6 is 11.6 Å². The Labute approximate surface area is 126 Å². The smallest absolute Gasteiger partial charge is 0.165 e. The highest BCUT2D eigenvalue weighted by molar-refractivity contribution is 6.18. The van der Waals surface area contributed by atoms with Crippen molar-refractivity contribution in [3.8, 4) is 17.6 Å². The molecule has 108 valence electrons. The second kappa shape index (κ2) is 7.61. The Balaban J connectivity index is 2.05. The number of ether oxygens (including phenoxy) is 1. The van der Waals surface area contributed by atoms with Crippen LogP contribution in [0.4, 0.5) is 8.78 Å². The normalized spacial score (nSPS) is 9.86. The van der Waals surface area contributed by atoms with Gasteiger partial charge in [0.2, 0.25) is 0 Å². The van der Waals surface area contributed by atoms with Crippen molar-refractivity contribution in [3.63, 3.8) is 0 Å². The Kier molecular flexibility index (Phi) is 5.53. The molecule has 0 unspecified atom stereocenters. The average molecular weight is 308 g/mol. The molecule has 2 aromatic rings. The lowest BCUT2D eigenvalue weighted by molar-refractivity contribution is 0.296. The maximum Gasteiger partial charge on any atom is 0.165 e. The van der Waals surface area contributed by atoms with E-state index < -0.39 is 11.6 Å². The molecule has 0 bridgehead atoms. The summed E-state index contributed by atoms with van der Waals surface area (Å²) in [7, 11) is 0. The first-order valence-electron chi connectivity index (χ1n) is 6.26.